The van der Waals surface area contributed by atoms with E-state index >= 15 is 0 Å². The van der Waals surface area contributed by atoms with Gasteiger partial charge in [-0.2, -0.15) is 11.8 Å². The molecule has 120 valence electrons. The quantitative estimate of drug-likeness (QED) is 0.409. The molecule has 0 aromatic rings. The first-order valence-corrected chi connectivity index (χ1v) is 8.57. The van der Waals surface area contributed by atoms with Gasteiger partial charge in [0.15, 0.2) is 0 Å². The van der Waals surface area contributed by atoms with Crippen LogP contribution in [-0.2, 0) is 4.79 Å². The third kappa shape index (κ3) is 4.51. The molecule has 0 radical (unpaired) electrons. The number of hydrogen-bond acceptors (Lipinski definition) is 4. The van der Waals surface area contributed by atoms with E-state index in [1.807, 2.05) is 11.8 Å². The summed E-state index contributed by atoms with van der Waals surface area (Å²) in [5.74, 6) is 0.959. The van der Waals surface area contributed by atoms with Gasteiger partial charge in [0.1, 0.15) is 0 Å². The van der Waals surface area contributed by atoms with Crippen LogP contribution in [0.2, 0.25) is 0 Å². The molecule has 2 rings (SSSR count). The van der Waals surface area contributed by atoms with Crippen molar-refractivity contribution in [2.45, 2.75) is 62.4 Å². The van der Waals surface area contributed by atoms with Gasteiger partial charge in [-0.3, -0.25) is 4.79 Å². The molecule has 2 aliphatic rings. The zero-order valence-corrected chi connectivity index (χ0v) is 13.5. The molecular formula is C14H25N3O3S. The number of carbonyl (C=O) groups is 2. The fraction of sp³-hybridized carbons (Fsp3) is 0.857. The van der Waals surface area contributed by atoms with Crippen LogP contribution in [0.1, 0.15) is 39.5 Å². The minimum atomic E-state index is -0.550. The lowest BCUT2D eigenvalue weighted by Crippen LogP contribution is -2.46. The summed E-state index contributed by atoms with van der Waals surface area (Å²) in [5, 5.41) is 18.3. The fourth-order valence-electron chi connectivity index (χ4n) is 2.75. The van der Waals surface area contributed by atoms with Crippen LogP contribution in [0, 0.1) is 0 Å². The van der Waals surface area contributed by atoms with Gasteiger partial charge in [-0.15, -0.1) is 0 Å². The average molecular weight is 315 g/mol. The molecule has 4 N–H and O–H groups in total. The normalized spacial score (nSPS) is 28.0. The van der Waals surface area contributed by atoms with Crippen molar-refractivity contribution in [3.05, 3.63) is 0 Å². The van der Waals surface area contributed by atoms with Crippen molar-refractivity contribution >= 4 is 23.7 Å². The van der Waals surface area contributed by atoms with Gasteiger partial charge in [-0.05, 0) is 26.7 Å². The topological polar surface area (TPSA) is 90.5 Å². The van der Waals surface area contributed by atoms with Crippen molar-refractivity contribution < 1.29 is 14.7 Å². The van der Waals surface area contributed by atoms with Crippen LogP contribution in [0.15, 0.2) is 0 Å². The Morgan fingerprint density at radius 3 is 2.90 bits per heavy atom. The van der Waals surface area contributed by atoms with Crippen LogP contribution in [0.5, 0.6) is 0 Å². The van der Waals surface area contributed by atoms with Crippen molar-refractivity contribution in [3.63, 3.8) is 0 Å². The van der Waals surface area contributed by atoms with Crippen LogP contribution < -0.4 is 16.0 Å². The Morgan fingerprint density at radius 1 is 1.43 bits per heavy atom. The van der Waals surface area contributed by atoms with Crippen LogP contribution in [0.4, 0.5) is 4.79 Å². The van der Waals surface area contributed by atoms with E-state index in [1.54, 1.807) is 13.8 Å². The van der Waals surface area contributed by atoms with E-state index in [9.17, 15) is 9.59 Å². The maximum absolute atomic E-state index is 11.7. The van der Waals surface area contributed by atoms with Gasteiger partial charge in [0.2, 0.25) is 5.91 Å². The first kappa shape index (κ1) is 16.4. The summed E-state index contributed by atoms with van der Waals surface area (Å²) in [6, 6.07) is 0.451. The highest BCUT2D eigenvalue weighted by atomic mass is 32.2. The minimum absolute atomic E-state index is 0.0122. The van der Waals surface area contributed by atoms with Gasteiger partial charge in [-0.25, -0.2) is 4.79 Å². The van der Waals surface area contributed by atoms with E-state index in [0.29, 0.717) is 11.7 Å². The second kappa shape index (κ2) is 6.87. The van der Waals surface area contributed by atoms with Crippen molar-refractivity contribution in [1.82, 2.24) is 16.0 Å². The molecule has 2 saturated heterocycles. The number of fused-ring (bicyclic) bond motifs is 1. The second-order valence-corrected chi connectivity index (χ2v) is 7.73. The lowest BCUT2D eigenvalue weighted by Gasteiger charge is -2.23. The van der Waals surface area contributed by atoms with E-state index in [2.05, 4.69) is 16.0 Å². The molecule has 3 amide bonds. The largest absolute Gasteiger partial charge is 0.394 e. The number of aliphatic hydroxyl groups excluding tert-OH is 1. The summed E-state index contributed by atoms with van der Waals surface area (Å²) in [5.41, 5.74) is -0.550. The van der Waals surface area contributed by atoms with Gasteiger partial charge in [0, 0.05) is 17.4 Å². The molecule has 0 aromatic carbocycles. The summed E-state index contributed by atoms with van der Waals surface area (Å²) in [6.45, 7) is 3.54. The summed E-state index contributed by atoms with van der Waals surface area (Å²) >= 11 is 1.90. The van der Waals surface area contributed by atoms with Crippen molar-refractivity contribution in [3.8, 4) is 0 Å². The van der Waals surface area contributed by atoms with Crippen molar-refractivity contribution in [2.24, 2.45) is 0 Å². The number of unbranched alkanes of at least 4 members (excludes halogenated alkanes) is 1. The number of urea groups is 1. The molecule has 0 saturated carbocycles. The number of aliphatic hydroxyl groups is 1. The summed E-state index contributed by atoms with van der Waals surface area (Å²) in [4.78, 5) is 23.0. The average Bonchev–Trinajstić information content (AvgIpc) is 2.94. The SMILES string of the molecule is CC(C)(CO)NC(=O)CCCCC1SCC2NC(=O)NC21. The van der Waals surface area contributed by atoms with E-state index in [4.69, 9.17) is 5.11 Å². The maximum atomic E-state index is 11.7. The Kier molecular flexibility index (Phi) is 5.37. The molecular weight excluding hydrogens is 290 g/mol. The van der Waals surface area contributed by atoms with E-state index in [0.717, 1.165) is 25.0 Å². The highest BCUT2D eigenvalue weighted by Crippen LogP contribution is 2.33. The smallest absolute Gasteiger partial charge is 0.315 e. The van der Waals surface area contributed by atoms with Gasteiger partial charge in [0.25, 0.3) is 0 Å². The molecule has 6 nitrogen and oxygen atoms in total. The summed E-state index contributed by atoms with van der Waals surface area (Å²) < 4.78 is 0. The predicted octanol–water partition coefficient (Wildman–Crippen LogP) is 0.599. The van der Waals surface area contributed by atoms with Crippen molar-refractivity contribution in [1.29, 1.82) is 0 Å². The maximum Gasteiger partial charge on any atom is 0.315 e. The van der Waals surface area contributed by atoms with Crippen LogP contribution in [0.3, 0.4) is 0 Å². The molecule has 2 aliphatic heterocycles. The van der Waals surface area contributed by atoms with E-state index < -0.39 is 5.54 Å². The number of rotatable bonds is 7. The number of nitrogens with one attached hydrogen (secondary N) is 3. The lowest BCUT2D eigenvalue weighted by molar-refractivity contribution is -0.123. The number of carbonyl (C=O) groups excluding carboxylic acids is 2. The molecule has 3 atom stereocenters. The molecule has 3 unspecified atom stereocenters. The molecule has 0 spiro atoms. The Morgan fingerprint density at radius 2 is 2.19 bits per heavy atom. The molecule has 2 heterocycles. The third-order valence-electron chi connectivity index (χ3n) is 3.95. The van der Waals surface area contributed by atoms with Crippen LogP contribution in [-0.4, -0.2) is 52.3 Å². The van der Waals surface area contributed by atoms with Crippen LogP contribution in [0.25, 0.3) is 0 Å². The Balaban J connectivity index is 1.62. The standard InChI is InChI=1S/C14H25N3O3S/c1-14(2,8-18)17-11(19)6-4-3-5-10-12-9(7-21-10)15-13(20)16-12/h9-10,12,18H,3-8H2,1-2H3,(H,17,19)(H2,15,16,20). The number of amides is 3. The predicted molar refractivity (Wildman–Crippen MR) is 83.3 cm³/mol. The summed E-state index contributed by atoms with van der Waals surface area (Å²) in [7, 11) is 0. The Bertz CT molecular complexity index is 403. The van der Waals surface area contributed by atoms with Gasteiger partial charge >= 0.3 is 6.03 Å². The Hall–Kier alpha value is -0.950. The zero-order valence-electron chi connectivity index (χ0n) is 12.6. The minimum Gasteiger partial charge on any atom is -0.394 e. The molecule has 2 fully saturated rings. The number of hydrogen-bond donors (Lipinski definition) is 4. The molecule has 0 bridgehead atoms. The van der Waals surface area contributed by atoms with E-state index in [1.165, 1.54) is 0 Å². The monoisotopic (exact) mass is 315 g/mol. The van der Waals surface area contributed by atoms with Crippen LogP contribution >= 0.6 is 11.8 Å². The van der Waals surface area contributed by atoms with Gasteiger partial charge < -0.3 is 21.1 Å². The number of thioether (sulfide) groups is 1. The highest BCUT2D eigenvalue weighted by molar-refractivity contribution is 8.00. The Labute approximate surface area is 129 Å². The first-order valence-electron chi connectivity index (χ1n) is 7.52. The molecule has 0 aromatic heterocycles. The fourth-order valence-corrected chi connectivity index (χ4v) is 4.30. The van der Waals surface area contributed by atoms with Gasteiger partial charge in [0.05, 0.1) is 24.2 Å². The first-order chi connectivity index (χ1) is 9.91. The highest BCUT2D eigenvalue weighted by Gasteiger charge is 2.42. The summed E-state index contributed by atoms with van der Waals surface area (Å²) in [6.07, 6.45) is 3.32. The molecule has 0 aliphatic carbocycles. The second-order valence-electron chi connectivity index (χ2n) is 6.46. The lowest BCUT2D eigenvalue weighted by atomic mass is 10.0. The molecule has 21 heavy (non-hydrogen) atoms. The van der Waals surface area contributed by atoms with Crippen molar-refractivity contribution in [2.75, 3.05) is 12.4 Å². The zero-order chi connectivity index (χ0) is 15.5. The van der Waals surface area contributed by atoms with E-state index in [-0.39, 0.29) is 30.6 Å². The van der Waals surface area contributed by atoms with Gasteiger partial charge in [-0.1, -0.05) is 6.42 Å². The third-order valence-corrected chi connectivity index (χ3v) is 5.46. The molecule has 7 heteroatoms.